The lowest BCUT2D eigenvalue weighted by atomic mass is 9.93. The Labute approximate surface area is 116 Å². The van der Waals surface area contributed by atoms with E-state index in [-0.39, 0.29) is 23.3 Å². The van der Waals surface area contributed by atoms with Crippen LogP contribution in [0.5, 0.6) is 0 Å². The van der Waals surface area contributed by atoms with Gasteiger partial charge < -0.3 is 15.5 Å². The number of nitrogens with one attached hydrogen (secondary N) is 2. The molecule has 0 aromatic carbocycles. The van der Waals surface area contributed by atoms with E-state index in [1.807, 2.05) is 32.6 Å². The Hall–Kier alpha value is -1.10. The van der Waals surface area contributed by atoms with Crippen LogP contribution in [0.3, 0.4) is 0 Å². The van der Waals surface area contributed by atoms with Crippen molar-refractivity contribution in [1.82, 2.24) is 15.5 Å². The summed E-state index contributed by atoms with van der Waals surface area (Å²) in [5.74, 6) is 0.243. The summed E-state index contributed by atoms with van der Waals surface area (Å²) < 4.78 is 0. The molecule has 0 aromatic rings. The fourth-order valence-corrected chi connectivity index (χ4v) is 2.22. The molecule has 0 saturated carbocycles. The summed E-state index contributed by atoms with van der Waals surface area (Å²) in [6.07, 6.45) is 1.69. The first-order valence-corrected chi connectivity index (χ1v) is 7.14. The van der Waals surface area contributed by atoms with Gasteiger partial charge in [-0.1, -0.05) is 27.7 Å². The van der Waals surface area contributed by atoms with Crippen LogP contribution in [0.15, 0.2) is 0 Å². The first-order valence-electron chi connectivity index (χ1n) is 7.14. The van der Waals surface area contributed by atoms with Crippen LogP contribution in [0.4, 0.5) is 0 Å². The predicted molar refractivity (Wildman–Crippen MR) is 75.7 cm³/mol. The zero-order valence-electron chi connectivity index (χ0n) is 12.6. The van der Waals surface area contributed by atoms with Crippen LogP contribution in [0, 0.1) is 5.41 Å². The largest absolute Gasteiger partial charge is 0.352 e. The van der Waals surface area contributed by atoms with Crippen LogP contribution >= 0.6 is 0 Å². The molecular weight excluding hydrogens is 242 g/mol. The molecule has 1 rings (SSSR count). The molecule has 19 heavy (non-hydrogen) atoms. The number of amides is 2. The molecule has 0 spiro atoms. The van der Waals surface area contributed by atoms with Gasteiger partial charge in [0.1, 0.15) is 0 Å². The third-order valence-electron chi connectivity index (χ3n) is 3.32. The van der Waals surface area contributed by atoms with Crippen molar-refractivity contribution in [3.8, 4) is 0 Å². The van der Waals surface area contributed by atoms with Gasteiger partial charge in [0.05, 0.1) is 6.54 Å². The van der Waals surface area contributed by atoms with Crippen LogP contribution < -0.4 is 10.6 Å². The summed E-state index contributed by atoms with van der Waals surface area (Å²) in [6, 6.07) is 0.204. The second-order valence-electron chi connectivity index (χ2n) is 6.16. The Morgan fingerprint density at radius 2 is 1.79 bits per heavy atom. The summed E-state index contributed by atoms with van der Waals surface area (Å²) in [6.45, 7) is 10.5. The van der Waals surface area contributed by atoms with E-state index >= 15 is 0 Å². The van der Waals surface area contributed by atoms with Crippen LogP contribution in [0.25, 0.3) is 0 Å². The molecule has 1 aliphatic heterocycles. The molecule has 0 aromatic heterocycles. The molecule has 1 heterocycles. The second-order valence-corrected chi connectivity index (χ2v) is 6.16. The number of likely N-dealkylation sites (N-methyl/N-ethyl adjacent to an activating group) is 1. The quantitative estimate of drug-likeness (QED) is 0.791. The van der Waals surface area contributed by atoms with Crippen LogP contribution in [-0.2, 0) is 9.59 Å². The van der Waals surface area contributed by atoms with E-state index in [0.29, 0.717) is 6.54 Å². The van der Waals surface area contributed by atoms with Crippen LogP contribution in [-0.4, -0.2) is 48.9 Å². The smallest absolute Gasteiger partial charge is 0.234 e. The van der Waals surface area contributed by atoms with Gasteiger partial charge in [-0.05, 0) is 19.4 Å². The van der Waals surface area contributed by atoms with Crippen molar-refractivity contribution in [1.29, 1.82) is 0 Å². The van der Waals surface area contributed by atoms with E-state index in [2.05, 4.69) is 10.6 Å². The highest BCUT2D eigenvalue weighted by Crippen LogP contribution is 2.20. The van der Waals surface area contributed by atoms with Gasteiger partial charge >= 0.3 is 0 Å². The van der Waals surface area contributed by atoms with Crippen molar-refractivity contribution in [2.75, 3.05) is 26.2 Å². The van der Waals surface area contributed by atoms with Gasteiger partial charge in [0.2, 0.25) is 11.8 Å². The minimum atomic E-state index is -0.318. The zero-order valence-corrected chi connectivity index (χ0v) is 12.6. The van der Waals surface area contributed by atoms with Crippen molar-refractivity contribution in [3.63, 3.8) is 0 Å². The van der Waals surface area contributed by atoms with Gasteiger partial charge in [-0.2, -0.15) is 0 Å². The summed E-state index contributed by atoms with van der Waals surface area (Å²) in [5.41, 5.74) is -0.318. The molecule has 0 unspecified atom stereocenters. The van der Waals surface area contributed by atoms with Gasteiger partial charge in [-0.3, -0.25) is 9.59 Å². The lowest BCUT2D eigenvalue weighted by Gasteiger charge is -2.36. The first-order chi connectivity index (χ1) is 8.84. The average molecular weight is 269 g/mol. The van der Waals surface area contributed by atoms with Crippen LogP contribution in [0.2, 0.25) is 0 Å². The molecule has 2 N–H and O–H groups in total. The van der Waals surface area contributed by atoms with E-state index in [0.717, 1.165) is 32.5 Å². The second kappa shape index (κ2) is 6.89. The first kappa shape index (κ1) is 16.0. The summed E-state index contributed by atoms with van der Waals surface area (Å²) in [5, 5.41) is 6.02. The molecule has 5 heteroatoms. The fraction of sp³-hybridized carbons (Fsp3) is 0.857. The average Bonchev–Trinajstić information content (AvgIpc) is 2.35. The van der Waals surface area contributed by atoms with Gasteiger partial charge in [0.15, 0.2) is 0 Å². The SMILES string of the molecule is CCNCC(=O)NC1CCN(C(=O)C(C)(C)C)CC1. The molecule has 0 radical (unpaired) electrons. The Morgan fingerprint density at radius 1 is 1.21 bits per heavy atom. The van der Waals surface area contributed by atoms with Gasteiger partial charge in [-0.25, -0.2) is 0 Å². The number of carbonyl (C=O) groups is 2. The Morgan fingerprint density at radius 3 is 2.26 bits per heavy atom. The number of nitrogens with zero attached hydrogens (tertiary/aromatic N) is 1. The van der Waals surface area contributed by atoms with E-state index in [4.69, 9.17) is 0 Å². The maximum absolute atomic E-state index is 12.1. The van der Waals surface area contributed by atoms with Gasteiger partial charge in [0, 0.05) is 24.5 Å². The van der Waals surface area contributed by atoms with Gasteiger partial charge in [0.25, 0.3) is 0 Å². The topological polar surface area (TPSA) is 61.4 Å². The van der Waals surface area contributed by atoms with E-state index in [9.17, 15) is 9.59 Å². The molecular formula is C14H27N3O2. The standard InChI is InChI=1S/C14H27N3O2/c1-5-15-10-12(18)16-11-6-8-17(9-7-11)13(19)14(2,3)4/h11,15H,5-10H2,1-4H3,(H,16,18). The highest BCUT2D eigenvalue weighted by Gasteiger charge is 2.30. The molecule has 0 bridgehead atoms. The lowest BCUT2D eigenvalue weighted by Crippen LogP contribution is -2.50. The van der Waals surface area contributed by atoms with E-state index in [1.54, 1.807) is 0 Å². The highest BCUT2D eigenvalue weighted by atomic mass is 16.2. The van der Waals surface area contributed by atoms with E-state index in [1.165, 1.54) is 0 Å². The molecule has 2 amide bonds. The number of rotatable bonds is 4. The molecule has 5 nitrogen and oxygen atoms in total. The van der Waals surface area contributed by atoms with Crippen molar-refractivity contribution in [3.05, 3.63) is 0 Å². The van der Waals surface area contributed by atoms with Crippen molar-refractivity contribution < 1.29 is 9.59 Å². The summed E-state index contributed by atoms with van der Waals surface area (Å²) in [4.78, 5) is 25.6. The summed E-state index contributed by atoms with van der Waals surface area (Å²) >= 11 is 0. The van der Waals surface area contributed by atoms with Crippen molar-refractivity contribution >= 4 is 11.8 Å². The molecule has 1 aliphatic rings. The van der Waals surface area contributed by atoms with Gasteiger partial charge in [-0.15, -0.1) is 0 Å². The number of hydrogen-bond acceptors (Lipinski definition) is 3. The Balaban J connectivity index is 2.33. The molecule has 110 valence electrons. The molecule has 0 aliphatic carbocycles. The predicted octanol–water partition coefficient (Wildman–Crippen LogP) is 0.749. The van der Waals surface area contributed by atoms with Crippen LogP contribution in [0.1, 0.15) is 40.5 Å². The zero-order chi connectivity index (χ0) is 14.5. The maximum Gasteiger partial charge on any atom is 0.234 e. The number of carbonyl (C=O) groups excluding carboxylic acids is 2. The lowest BCUT2D eigenvalue weighted by molar-refractivity contribution is -0.140. The highest BCUT2D eigenvalue weighted by molar-refractivity contribution is 5.81. The molecule has 1 fully saturated rings. The number of likely N-dealkylation sites (tertiary alicyclic amines) is 1. The third-order valence-corrected chi connectivity index (χ3v) is 3.32. The number of hydrogen-bond donors (Lipinski definition) is 2. The van der Waals surface area contributed by atoms with Crippen molar-refractivity contribution in [2.45, 2.75) is 46.6 Å². The van der Waals surface area contributed by atoms with E-state index < -0.39 is 0 Å². The third kappa shape index (κ3) is 5.19. The molecule has 1 saturated heterocycles. The normalized spacial score (nSPS) is 17.4. The minimum Gasteiger partial charge on any atom is -0.352 e. The monoisotopic (exact) mass is 269 g/mol. The Kier molecular flexibility index (Phi) is 5.79. The van der Waals surface area contributed by atoms with Crippen molar-refractivity contribution in [2.24, 2.45) is 5.41 Å². The number of piperidine rings is 1. The summed E-state index contributed by atoms with van der Waals surface area (Å²) in [7, 11) is 0. The Bertz CT molecular complexity index is 315. The maximum atomic E-state index is 12.1. The fourth-order valence-electron chi connectivity index (χ4n) is 2.22. The molecule has 0 atom stereocenters. The minimum absolute atomic E-state index is 0.0439.